The van der Waals surface area contributed by atoms with Gasteiger partial charge in [-0.3, -0.25) is 15.0 Å². The van der Waals surface area contributed by atoms with E-state index in [9.17, 15) is 9.59 Å². The molecule has 6 heteroatoms. The average molecular weight is 257 g/mol. The van der Waals surface area contributed by atoms with E-state index in [1.54, 1.807) is 6.08 Å². The van der Waals surface area contributed by atoms with Crippen LogP contribution in [0.1, 0.15) is 28.1 Å². The van der Waals surface area contributed by atoms with Crippen LogP contribution in [0.4, 0.5) is 0 Å². The van der Waals surface area contributed by atoms with Gasteiger partial charge in [0.05, 0.1) is 10.9 Å². The molecule has 0 unspecified atom stereocenters. The first-order valence-corrected chi connectivity index (χ1v) is 5.82. The van der Waals surface area contributed by atoms with Crippen molar-refractivity contribution >= 4 is 22.9 Å². The fourth-order valence-electron chi connectivity index (χ4n) is 2.28. The molecule has 19 heavy (non-hydrogen) atoms. The number of fused-ring (bicyclic) bond motifs is 3. The molecule has 4 N–H and O–H groups in total. The monoisotopic (exact) mass is 257 g/mol. The number of primary amides is 1. The van der Waals surface area contributed by atoms with E-state index in [0.29, 0.717) is 16.7 Å². The highest BCUT2D eigenvalue weighted by molar-refractivity contribution is 5.96. The molecule has 0 aliphatic heterocycles. The Morgan fingerprint density at radius 3 is 3.00 bits per heavy atom. The molecule has 2 heterocycles. The van der Waals surface area contributed by atoms with Gasteiger partial charge in [-0.15, -0.1) is 0 Å². The highest BCUT2D eigenvalue weighted by atomic mass is 16.3. The largest absolute Gasteiger partial charge is 0.439 e. The van der Waals surface area contributed by atoms with E-state index in [-0.39, 0.29) is 11.1 Å². The number of nitrogens with two attached hydrogens (primary N) is 1. The summed E-state index contributed by atoms with van der Waals surface area (Å²) in [4.78, 5) is 25.6. The summed E-state index contributed by atoms with van der Waals surface area (Å²) in [5, 5.41) is 8.23. The fraction of sp³-hybridized carbons (Fsp3) is 0.154. The van der Waals surface area contributed by atoms with Gasteiger partial charge < -0.3 is 15.1 Å². The summed E-state index contributed by atoms with van der Waals surface area (Å²) in [5.74, 6) is -0.244. The summed E-state index contributed by atoms with van der Waals surface area (Å²) in [6.45, 7) is 0. The van der Waals surface area contributed by atoms with Crippen molar-refractivity contribution in [2.75, 3.05) is 0 Å². The van der Waals surface area contributed by atoms with Crippen LogP contribution in [0.5, 0.6) is 0 Å². The fourth-order valence-corrected chi connectivity index (χ4v) is 2.28. The smallest absolute Gasteiger partial charge is 0.261 e. The second-order valence-corrected chi connectivity index (χ2v) is 4.38. The van der Waals surface area contributed by atoms with Crippen LogP contribution in [-0.4, -0.2) is 10.9 Å². The molecule has 0 saturated carbocycles. The molecule has 0 bridgehead atoms. The molecule has 1 aliphatic rings. The van der Waals surface area contributed by atoms with E-state index in [4.69, 9.17) is 15.6 Å². The summed E-state index contributed by atoms with van der Waals surface area (Å²) in [5.41, 5.74) is 5.73. The molecule has 0 atom stereocenters. The zero-order valence-electron chi connectivity index (χ0n) is 9.95. The predicted octanol–water partition coefficient (Wildman–Crippen LogP) is 0.659. The van der Waals surface area contributed by atoms with Crippen molar-refractivity contribution in [2.45, 2.75) is 12.8 Å². The Kier molecular flexibility index (Phi) is 2.38. The van der Waals surface area contributed by atoms with E-state index in [0.717, 1.165) is 18.4 Å². The number of carbonyl (C=O) groups is 1. The summed E-state index contributed by atoms with van der Waals surface area (Å²) in [6, 6.07) is 1.32. The van der Waals surface area contributed by atoms with Gasteiger partial charge in [0.15, 0.2) is 0 Å². The Bertz CT molecular complexity index is 843. The lowest BCUT2D eigenvalue weighted by molar-refractivity contribution is 0.0999. The number of aryl methyl sites for hydroxylation is 1. The van der Waals surface area contributed by atoms with Crippen molar-refractivity contribution < 1.29 is 9.21 Å². The third-order valence-corrected chi connectivity index (χ3v) is 3.19. The van der Waals surface area contributed by atoms with E-state index >= 15 is 0 Å². The average Bonchev–Trinajstić information content (AvgIpc) is 2.38. The van der Waals surface area contributed by atoms with Crippen LogP contribution in [-0.2, 0) is 6.42 Å². The van der Waals surface area contributed by atoms with Crippen molar-refractivity contribution in [1.29, 1.82) is 5.41 Å². The minimum absolute atomic E-state index is 0.0981. The number of H-pyrrole nitrogens is 1. The number of pyridine rings is 1. The number of amides is 1. The highest BCUT2D eigenvalue weighted by Crippen LogP contribution is 2.23. The van der Waals surface area contributed by atoms with Gasteiger partial charge >= 0.3 is 0 Å². The first kappa shape index (κ1) is 11.5. The second kappa shape index (κ2) is 3.94. The Morgan fingerprint density at radius 2 is 2.26 bits per heavy atom. The molecule has 2 aromatic heterocycles. The van der Waals surface area contributed by atoms with Crippen LogP contribution in [0.2, 0.25) is 0 Å². The number of aromatic nitrogens is 1. The van der Waals surface area contributed by atoms with E-state index in [2.05, 4.69) is 4.98 Å². The van der Waals surface area contributed by atoms with Gasteiger partial charge in [0.2, 0.25) is 5.55 Å². The standard InChI is InChI=1S/C13H11N3O3/c14-11(17)8-5-7-10(16-13(8)18)6-3-1-2-4-9(6)19-12(7)15/h2,4-5,15H,1,3H2,(H2,14,17)(H,16,18). The third kappa shape index (κ3) is 1.69. The molecule has 96 valence electrons. The summed E-state index contributed by atoms with van der Waals surface area (Å²) in [6.07, 6.45) is 5.30. The van der Waals surface area contributed by atoms with Gasteiger partial charge in [-0.05, 0) is 25.0 Å². The van der Waals surface area contributed by atoms with Crippen LogP contribution < -0.4 is 16.8 Å². The molecule has 0 radical (unpaired) electrons. The summed E-state index contributed by atoms with van der Waals surface area (Å²) in [7, 11) is 0. The lowest BCUT2D eigenvalue weighted by atomic mass is 10.00. The van der Waals surface area contributed by atoms with Crippen molar-refractivity contribution in [3.05, 3.63) is 44.9 Å². The maximum absolute atomic E-state index is 11.8. The van der Waals surface area contributed by atoms with E-state index in [1.165, 1.54) is 6.07 Å². The number of allylic oxidation sites excluding steroid dienone is 1. The van der Waals surface area contributed by atoms with Gasteiger partial charge in [-0.1, -0.05) is 6.08 Å². The number of rotatable bonds is 1. The molecule has 0 spiro atoms. The molecule has 1 aliphatic carbocycles. The van der Waals surface area contributed by atoms with Crippen LogP contribution >= 0.6 is 0 Å². The lowest BCUT2D eigenvalue weighted by Gasteiger charge is -2.12. The summed E-state index contributed by atoms with van der Waals surface area (Å²) < 4.78 is 5.39. The molecule has 0 aromatic carbocycles. The Morgan fingerprint density at radius 1 is 1.47 bits per heavy atom. The number of carbonyl (C=O) groups excluding carboxylic acids is 1. The molecule has 0 fully saturated rings. The molecule has 0 saturated heterocycles. The zero-order valence-corrected chi connectivity index (χ0v) is 9.95. The van der Waals surface area contributed by atoms with Crippen molar-refractivity contribution in [3.8, 4) is 0 Å². The normalized spacial score (nSPS) is 13.5. The van der Waals surface area contributed by atoms with Crippen LogP contribution in [0.15, 0.2) is 21.4 Å². The van der Waals surface area contributed by atoms with Crippen LogP contribution in [0.3, 0.4) is 0 Å². The van der Waals surface area contributed by atoms with Gasteiger partial charge in [-0.2, -0.15) is 0 Å². The van der Waals surface area contributed by atoms with Gasteiger partial charge in [0, 0.05) is 5.56 Å². The molecule has 1 amide bonds. The van der Waals surface area contributed by atoms with Crippen molar-refractivity contribution in [2.24, 2.45) is 5.73 Å². The van der Waals surface area contributed by atoms with E-state index in [1.807, 2.05) is 6.08 Å². The van der Waals surface area contributed by atoms with Crippen LogP contribution in [0.25, 0.3) is 17.0 Å². The second-order valence-electron chi connectivity index (χ2n) is 4.38. The van der Waals surface area contributed by atoms with Crippen molar-refractivity contribution in [3.63, 3.8) is 0 Å². The molecular formula is C13H11N3O3. The topological polar surface area (TPSA) is 113 Å². The number of hydrogen-bond donors (Lipinski definition) is 3. The lowest BCUT2D eigenvalue weighted by Crippen LogP contribution is -2.25. The first-order valence-electron chi connectivity index (χ1n) is 5.82. The minimum atomic E-state index is -0.819. The Labute approximate surface area is 107 Å². The Balaban J connectivity index is 2.48. The summed E-state index contributed by atoms with van der Waals surface area (Å²) >= 11 is 0. The van der Waals surface area contributed by atoms with Gasteiger partial charge in [0.1, 0.15) is 11.3 Å². The van der Waals surface area contributed by atoms with Gasteiger partial charge in [-0.25, -0.2) is 0 Å². The van der Waals surface area contributed by atoms with Crippen molar-refractivity contribution in [1.82, 2.24) is 4.98 Å². The highest BCUT2D eigenvalue weighted by Gasteiger charge is 2.16. The minimum Gasteiger partial charge on any atom is -0.439 e. The maximum Gasteiger partial charge on any atom is 0.261 e. The zero-order chi connectivity index (χ0) is 13.6. The van der Waals surface area contributed by atoms with Gasteiger partial charge in [0.25, 0.3) is 11.5 Å². The third-order valence-electron chi connectivity index (χ3n) is 3.19. The number of aromatic amines is 1. The first-order chi connectivity index (χ1) is 9.08. The number of hydrogen-bond acceptors (Lipinski definition) is 4. The Hall–Kier alpha value is -2.63. The predicted molar refractivity (Wildman–Crippen MR) is 68.6 cm³/mol. The quantitative estimate of drug-likeness (QED) is 0.697. The molecule has 6 nitrogen and oxygen atoms in total. The molecular weight excluding hydrogens is 246 g/mol. The maximum atomic E-state index is 11.8. The van der Waals surface area contributed by atoms with Crippen LogP contribution in [0, 0.1) is 5.41 Å². The van der Waals surface area contributed by atoms with E-state index < -0.39 is 11.5 Å². The molecule has 2 aromatic rings. The molecule has 3 rings (SSSR count). The SMILES string of the molecule is N=c1oc2c(c3[nH]c(=O)c(C(N)=O)cc13)CCC=C2. The number of nitrogens with one attached hydrogen (secondary N) is 2.